The summed E-state index contributed by atoms with van der Waals surface area (Å²) in [7, 11) is 0. The van der Waals surface area contributed by atoms with Gasteiger partial charge in [0.1, 0.15) is 10.7 Å². The van der Waals surface area contributed by atoms with Gasteiger partial charge in [-0.15, -0.1) is 0 Å². The average molecular weight is 287 g/mol. The number of nitrogens with one attached hydrogen (secondary N) is 2. The zero-order valence-electron chi connectivity index (χ0n) is 10.8. The maximum absolute atomic E-state index is 11.0. The molecule has 20 heavy (non-hydrogen) atoms. The molecule has 0 atom stereocenters. The van der Waals surface area contributed by atoms with Crippen LogP contribution in [-0.4, -0.2) is 20.9 Å². The molecule has 2 rings (SSSR count). The standard InChI is InChI=1S/C13H13N5OS/c1-8(19)17-9-3-2-4-10(7-9)18-13-11(12(14)20)15-5-6-16-13/h2-7H,1H3,(H2,14,20)(H,16,18)(H,17,19). The van der Waals surface area contributed by atoms with Gasteiger partial charge < -0.3 is 16.4 Å². The fraction of sp³-hybridized carbons (Fsp3) is 0.0769. The van der Waals surface area contributed by atoms with Crippen molar-refractivity contribution in [2.45, 2.75) is 6.92 Å². The Morgan fingerprint density at radius 3 is 2.65 bits per heavy atom. The van der Waals surface area contributed by atoms with Gasteiger partial charge in [-0.25, -0.2) is 9.97 Å². The number of benzene rings is 1. The van der Waals surface area contributed by atoms with Gasteiger partial charge in [0.05, 0.1) is 0 Å². The van der Waals surface area contributed by atoms with Crippen LogP contribution in [0, 0.1) is 0 Å². The van der Waals surface area contributed by atoms with E-state index in [-0.39, 0.29) is 10.9 Å². The van der Waals surface area contributed by atoms with E-state index in [9.17, 15) is 4.79 Å². The van der Waals surface area contributed by atoms with Crippen molar-refractivity contribution in [2.24, 2.45) is 5.73 Å². The zero-order chi connectivity index (χ0) is 14.5. The number of thiocarbonyl (C=S) groups is 1. The first kappa shape index (κ1) is 13.9. The molecule has 0 unspecified atom stereocenters. The normalized spacial score (nSPS) is 9.85. The van der Waals surface area contributed by atoms with Gasteiger partial charge >= 0.3 is 0 Å². The van der Waals surface area contributed by atoms with Gasteiger partial charge in [-0.1, -0.05) is 18.3 Å². The third kappa shape index (κ3) is 3.48. The second kappa shape index (κ2) is 6.07. The Labute approximate surface area is 121 Å². The van der Waals surface area contributed by atoms with Gasteiger partial charge in [0, 0.05) is 30.7 Å². The van der Waals surface area contributed by atoms with Crippen LogP contribution in [-0.2, 0) is 4.79 Å². The molecule has 0 aliphatic rings. The van der Waals surface area contributed by atoms with Crippen LogP contribution in [0.3, 0.4) is 0 Å². The molecular weight excluding hydrogens is 274 g/mol. The van der Waals surface area contributed by atoms with Crippen LogP contribution in [0.1, 0.15) is 12.6 Å². The molecule has 0 saturated heterocycles. The minimum absolute atomic E-state index is 0.134. The Hall–Kier alpha value is -2.54. The quantitative estimate of drug-likeness (QED) is 0.743. The Balaban J connectivity index is 2.26. The third-order valence-corrected chi connectivity index (χ3v) is 2.57. The molecule has 2 aromatic rings. The van der Waals surface area contributed by atoms with Gasteiger partial charge in [0.25, 0.3) is 0 Å². The van der Waals surface area contributed by atoms with Crippen molar-refractivity contribution >= 4 is 40.3 Å². The van der Waals surface area contributed by atoms with E-state index in [0.717, 1.165) is 5.69 Å². The minimum Gasteiger partial charge on any atom is -0.388 e. The highest BCUT2D eigenvalue weighted by Crippen LogP contribution is 2.20. The van der Waals surface area contributed by atoms with E-state index in [1.165, 1.54) is 13.1 Å². The monoisotopic (exact) mass is 287 g/mol. The number of carbonyl (C=O) groups is 1. The van der Waals surface area contributed by atoms with Gasteiger partial charge in [-0.3, -0.25) is 4.79 Å². The second-order valence-corrected chi connectivity index (χ2v) is 4.44. The molecular formula is C13H13N5OS. The topological polar surface area (TPSA) is 92.9 Å². The number of nitrogens with zero attached hydrogens (tertiary/aromatic N) is 2. The molecule has 0 fully saturated rings. The lowest BCUT2D eigenvalue weighted by Gasteiger charge is -2.10. The molecule has 7 heteroatoms. The highest BCUT2D eigenvalue weighted by atomic mass is 32.1. The number of hydrogen-bond donors (Lipinski definition) is 3. The molecule has 0 spiro atoms. The maximum atomic E-state index is 11.0. The predicted octanol–water partition coefficient (Wildman–Crippen LogP) is 1.81. The Bertz CT molecular complexity index is 659. The lowest BCUT2D eigenvalue weighted by atomic mass is 10.2. The molecule has 0 radical (unpaired) electrons. The first-order valence-corrected chi connectivity index (χ1v) is 6.22. The van der Waals surface area contributed by atoms with Crippen LogP contribution >= 0.6 is 12.2 Å². The smallest absolute Gasteiger partial charge is 0.221 e. The van der Waals surface area contributed by atoms with Crippen LogP contribution in [0.2, 0.25) is 0 Å². The van der Waals surface area contributed by atoms with E-state index in [1.807, 2.05) is 12.1 Å². The summed E-state index contributed by atoms with van der Waals surface area (Å²) in [6.07, 6.45) is 3.06. The summed E-state index contributed by atoms with van der Waals surface area (Å²) in [4.78, 5) is 19.4. The van der Waals surface area contributed by atoms with Crippen molar-refractivity contribution in [3.05, 3.63) is 42.4 Å². The molecule has 1 aromatic heterocycles. The lowest BCUT2D eigenvalue weighted by molar-refractivity contribution is -0.114. The number of amides is 1. The molecule has 1 aromatic carbocycles. The molecule has 102 valence electrons. The van der Waals surface area contributed by atoms with Gasteiger partial charge in [-0.2, -0.15) is 0 Å². The number of carbonyl (C=O) groups excluding carboxylic acids is 1. The van der Waals surface area contributed by atoms with Crippen molar-refractivity contribution < 1.29 is 4.79 Å². The lowest BCUT2D eigenvalue weighted by Crippen LogP contribution is -2.15. The average Bonchev–Trinajstić information content (AvgIpc) is 2.38. The fourth-order valence-electron chi connectivity index (χ4n) is 1.62. The first-order valence-electron chi connectivity index (χ1n) is 5.82. The zero-order valence-corrected chi connectivity index (χ0v) is 11.6. The molecule has 4 N–H and O–H groups in total. The van der Waals surface area contributed by atoms with E-state index in [1.54, 1.807) is 18.3 Å². The van der Waals surface area contributed by atoms with E-state index >= 15 is 0 Å². The molecule has 0 saturated carbocycles. The Morgan fingerprint density at radius 1 is 1.25 bits per heavy atom. The summed E-state index contributed by atoms with van der Waals surface area (Å²) < 4.78 is 0. The number of rotatable bonds is 4. The van der Waals surface area contributed by atoms with Crippen molar-refractivity contribution in [3.8, 4) is 0 Å². The summed E-state index contributed by atoms with van der Waals surface area (Å²) in [6, 6.07) is 7.21. The van der Waals surface area contributed by atoms with Crippen LogP contribution in [0.4, 0.5) is 17.2 Å². The molecule has 1 heterocycles. The van der Waals surface area contributed by atoms with Crippen molar-refractivity contribution in [1.82, 2.24) is 9.97 Å². The summed E-state index contributed by atoms with van der Waals surface area (Å²) in [6.45, 7) is 1.45. The number of nitrogens with two attached hydrogens (primary N) is 1. The van der Waals surface area contributed by atoms with E-state index in [4.69, 9.17) is 18.0 Å². The minimum atomic E-state index is -0.134. The molecule has 1 amide bonds. The van der Waals surface area contributed by atoms with Crippen LogP contribution in [0.15, 0.2) is 36.7 Å². The summed E-state index contributed by atoms with van der Waals surface area (Å²) in [5.74, 6) is 0.338. The van der Waals surface area contributed by atoms with Crippen LogP contribution in [0.25, 0.3) is 0 Å². The summed E-state index contributed by atoms with van der Waals surface area (Å²) >= 11 is 4.93. The van der Waals surface area contributed by atoms with Crippen molar-refractivity contribution in [3.63, 3.8) is 0 Å². The SMILES string of the molecule is CC(=O)Nc1cccc(Nc2nccnc2C(N)=S)c1. The highest BCUT2D eigenvalue weighted by molar-refractivity contribution is 7.80. The van der Waals surface area contributed by atoms with Crippen LogP contribution < -0.4 is 16.4 Å². The molecule has 0 bridgehead atoms. The van der Waals surface area contributed by atoms with Crippen molar-refractivity contribution in [1.29, 1.82) is 0 Å². The number of hydrogen-bond acceptors (Lipinski definition) is 5. The Morgan fingerprint density at radius 2 is 1.95 bits per heavy atom. The molecule has 0 aliphatic carbocycles. The van der Waals surface area contributed by atoms with E-state index < -0.39 is 0 Å². The maximum Gasteiger partial charge on any atom is 0.221 e. The number of aromatic nitrogens is 2. The molecule has 0 aliphatic heterocycles. The summed E-state index contributed by atoms with van der Waals surface area (Å²) in [5, 5.41) is 5.78. The van der Waals surface area contributed by atoms with Gasteiger partial charge in [0.2, 0.25) is 5.91 Å². The Kier molecular flexibility index (Phi) is 4.21. The van der Waals surface area contributed by atoms with Crippen molar-refractivity contribution in [2.75, 3.05) is 10.6 Å². The van der Waals surface area contributed by atoms with Gasteiger partial charge in [-0.05, 0) is 18.2 Å². The van der Waals surface area contributed by atoms with Crippen LogP contribution in [0.5, 0.6) is 0 Å². The van der Waals surface area contributed by atoms with E-state index in [0.29, 0.717) is 17.2 Å². The summed E-state index contributed by atoms with van der Waals surface area (Å²) in [5.41, 5.74) is 7.45. The van der Waals surface area contributed by atoms with Gasteiger partial charge in [0.15, 0.2) is 5.82 Å². The predicted molar refractivity (Wildman–Crippen MR) is 81.9 cm³/mol. The first-order chi connectivity index (χ1) is 9.56. The second-order valence-electron chi connectivity index (χ2n) is 4.00. The number of anilines is 3. The molecule has 6 nitrogen and oxygen atoms in total. The third-order valence-electron chi connectivity index (χ3n) is 2.38. The fourth-order valence-corrected chi connectivity index (χ4v) is 1.77. The largest absolute Gasteiger partial charge is 0.388 e. The highest BCUT2D eigenvalue weighted by Gasteiger charge is 2.08. The van der Waals surface area contributed by atoms with E-state index in [2.05, 4.69) is 20.6 Å².